The number of nitrogens with zero attached hydrogens (tertiary/aromatic N) is 5. The van der Waals surface area contributed by atoms with Gasteiger partial charge in [0.25, 0.3) is 0 Å². The molecule has 1 amide bonds. The van der Waals surface area contributed by atoms with Crippen LogP contribution in [0.5, 0.6) is 0 Å². The number of anilines is 2. The molecule has 1 aromatic heterocycles. The molecule has 0 spiro atoms. The number of amides is 1. The summed E-state index contributed by atoms with van der Waals surface area (Å²) in [7, 11) is 0. The van der Waals surface area contributed by atoms with Crippen molar-refractivity contribution >= 4 is 17.5 Å². The maximum Gasteiger partial charge on any atom is 0.223 e. The second kappa shape index (κ2) is 8.62. The van der Waals surface area contributed by atoms with Crippen LogP contribution in [0.15, 0.2) is 42.7 Å². The minimum atomic E-state index is 0.300. The summed E-state index contributed by atoms with van der Waals surface area (Å²) in [4.78, 5) is 29.0. The van der Waals surface area contributed by atoms with Crippen molar-refractivity contribution in [2.75, 3.05) is 42.5 Å². The van der Waals surface area contributed by atoms with E-state index >= 15 is 0 Å². The number of hydrogen-bond acceptors (Lipinski definition) is 5. The molecule has 5 rings (SSSR count). The summed E-state index contributed by atoms with van der Waals surface area (Å²) < 4.78 is 0. The topological polar surface area (TPSA) is 52.6 Å². The molecule has 0 radical (unpaired) electrons. The van der Waals surface area contributed by atoms with Gasteiger partial charge in [0.15, 0.2) is 0 Å². The van der Waals surface area contributed by atoms with E-state index in [1.807, 2.05) is 18.2 Å². The van der Waals surface area contributed by atoms with Gasteiger partial charge in [-0.2, -0.15) is 0 Å². The summed E-state index contributed by atoms with van der Waals surface area (Å²) in [6.45, 7) is 4.98. The first-order valence-electron chi connectivity index (χ1n) is 11.4. The number of hydrogen-bond donors (Lipinski definition) is 0. The summed E-state index contributed by atoms with van der Waals surface area (Å²) in [5.41, 5.74) is 1.24. The Bertz CT molecular complexity index is 867. The van der Waals surface area contributed by atoms with E-state index < -0.39 is 0 Å². The number of benzene rings is 1. The van der Waals surface area contributed by atoms with Crippen molar-refractivity contribution < 1.29 is 4.79 Å². The van der Waals surface area contributed by atoms with Crippen molar-refractivity contribution in [3.05, 3.63) is 48.3 Å². The Morgan fingerprint density at radius 1 is 0.933 bits per heavy atom. The zero-order chi connectivity index (χ0) is 20.3. The van der Waals surface area contributed by atoms with Crippen LogP contribution in [-0.2, 0) is 11.2 Å². The van der Waals surface area contributed by atoms with Crippen LogP contribution in [0.3, 0.4) is 0 Å². The summed E-state index contributed by atoms with van der Waals surface area (Å²) in [6.07, 6.45) is 7.88. The summed E-state index contributed by atoms with van der Waals surface area (Å²) in [5, 5.41) is 0. The van der Waals surface area contributed by atoms with Gasteiger partial charge in [-0.3, -0.25) is 4.79 Å². The van der Waals surface area contributed by atoms with Gasteiger partial charge in [-0.25, -0.2) is 9.97 Å². The first-order chi connectivity index (χ1) is 14.8. The first kappa shape index (κ1) is 19.3. The number of carbonyl (C=O) groups excluding carboxylic acids is 1. The molecule has 158 valence electrons. The predicted molar refractivity (Wildman–Crippen MR) is 119 cm³/mol. The van der Waals surface area contributed by atoms with Gasteiger partial charge in [0, 0.05) is 45.2 Å². The van der Waals surface area contributed by atoms with Crippen LogP contribution >= 0.6 is 0 Å². The molecule has 0 N–H and O–H groups in total. The van der Waals surface area contributed by atoms with Crippen LogP contribution in [0.4, 0.5) is 11.6 Å². The molecule has 6 heteroatoms. The van der Waals surface area contributed by atoms with Gasteiger partial charge in [0.1, 0.15) is 18.0 Å². The van der Waals surface area contributed by atoms with Crippen molar-refractivity contribution in [2.45, 2.75) is 44.6 Å². The van der Waals surface area contributed by atoms with E-state index in [4.69, 9.17) is 0 Å². The van der Waals surface area contributed by atoms with Crippen molar-refractivity contribution in [1.82, 2.24) is 14.9 Å². The highest BCUT2D eigenvalue weighted by Crippen LogP contribution is 2.34. The highest BCUT2D eigenvalue weighted by Gasteiger charge is 2.40. The lowest BCUT2D eigenvalue weighted by atomic mass is 9.92. The van der Waals surface area contributed by atoms with Gasteiger partial charge in [0.05, 0.1) is 6.04 Å². The maximum atomic E-state index is 13.0. The third kappa shape index (κ3) is 4.00. The molecule has 30 heavy (non-hydrogen) atoms. The molecule has 3 aliphatic rings. The largest absolute Gasteiger partial charge is 0.356 e. The molecular weight excluding hydrogens is 374 g/mol. The highest BCUT2D eigenvalue weighted by molar-refractivity contribution is 5.77. The lowest BCUT2D eigenvalue weighted by Gasteiger charge is -2.39. The molecule has 3 saturated heterocycles. The van der Waals surface area contributed by atoms with Crippen LogP contribution in [0.25, 0.3) is 0 Å². The first-order valence-corrected chi connectivity index (χ1v) is 11.4. The average molecular weight is 406 g/mol. The lowest BCUT2D eigenvalue weighted by molar-refractivity contribution is -0.132. The van der Waals surface area contributed by atoms with E-state index in [1.165, 1.54) is 18.4 Å². The standard InChI is InChI=1S/C24H31N5O/c30-24(9-8-19-6-2-1-3-7-19)29-15-11-20-10-14-28(17-21(20)29)23-16-22(25-18-26-23)27-12-4-5-13-27/h1-3,6-7,16,18,20-21H,4-5,8-15,17H2. The van der Waals surface area contributed by atoms with Crippen LogP contribution in [-0.4, -0.2) is 59.5 Å². The number of aromatic nitrogens is 2. The average Bonchev–Trinajstić information content (AvgIpc) is 3.48. The van der Waals surface area contributed by atoms with Gasteiger partial charge in [0.2, 0.25) is 5.91 Å². The fraction of sp³-hybridized carbons (Fsp3) is 0.542. The number of carbonyl (C=O) groups is 1. The summed E-state index contributed by atoms with van der Waals surface area (Å²) in [6, 6.07) is 12.8. The van der Waals surface area contributed by atoms with Gasteiger partial charge in [-0.05, 0) is 43.6 Å². The van der Waals surface area contributed by atoms with E-state index in [-0.39, 0.29) is 0 Å². The van der Waals surface area contributed by atoms with Gasteiger partial charge < -0.3 is 14.7 Å². The van der Waals surface area contributed by atoms with E-state index in [0.29, 0.717) is 24.3 Å². The van der Waals surface area contributed by atoms with Gasteiger partial charge >= 0.3 is 0 Å². The van der Waals surface area contributed by atoms with Gasteiger partial charge in [-0.1, -0.05) is 30.3 Å². The Labute approximate surface area is 178 Å². The van der Waals surface area contributed by atoms with E-state index in [2.05, 4.69) is 42.9 Å². The van der Waals surface area contributed by atoms with Crippen LogP contribution in [0.1, 0.15) is 37.7 Å². The second-order valence-corrected chi connectivity index (χ2v) is 8.85. The molecule has 3 aliphatic heterocycles. The quantitative estimate of drug-likeness (QED) is 0.765. The van der Waals surface area contributed by atoms with Crippen molar-refractivity contribution in [3.8, 4) is 0 Å². The molecule has 1 aromatic carbocycles. The molecule has 0 saturated carbocycles. The normalized spacial score (nSPS) is 23.7. The zero-order valence-corrected chi connectivity index (χ0v) is 17.6. The molecule has 0 bridgehead atoms. The van der Waals surface area contributed by atoms with Crippen LogP contribution in [0, 0.1) is 5.92 Å². The molecule has 2 unspecified atom stereocenters. The van der Waals surface area contributed by atoms with Crippen LogP contribution < -0.4 is 9.80 Å². The number of likely N-dealkylation sites (tertiary alicyclic amines) is 1. The number of aryl methyl sites for hydroxylation is 1. The number of fused-ring (bicyclic) bond motifs is 1. The van der Waals surface area contributed by atoms with Gasteiger partial charge in [-0.15, -0.1) is 0 Å². The maximum absolute atomic E-state index is 13.0. The molecule has 6 nitrogen and oxygen atoms in total. The molecule has 3 fully saturated rings. The Morgan fingerprint density at radius 2 is 1.67 bits per heavy atom. The van der Waals surface area contributed by atoms with Crippen molar-refractivity contribution in [1.29, 1.82) is 0 Å². The molecule has 2 atom stereocenters. The molecule has 4 heterocycles. The van der Waals surface area contributed by atoms with E-state index in [9.17, 15) is 4.79 Å². The summed E-state index contributed by atoms with van der Waals surface area (Å²) >= 11 is 0. The zero-order valence-electron chi connectivity index (χ0n) is 17.6. The lowest BCUT2D eigenvalue weighted by Crippen LogP contribution is -2.50. The third-order valence-corrected chi connectivity index (χ3v) is 7.05. The molecule has 2 aromatic rings. The third-order valence-electron chi connectivity index (χ3n) is 7.05. The Morgan fingerprint density at radius 3 is 2.47 bits per heavy atom. The second-order valence-electron chi connectivity index (χ2n) is 8.85. The summed E-state index contributed by atoms with van der Waals surface area (Å²) in [5.74, 6) is 2.98. The monoisotopic (exact) mass is 405 g/mol. The van der Waals surface area contributed by atoms with Crippen molar-refractivity contribution in [2.24, 2.45) is 5.92 Å². The Balaban J connectivity index is 1.24. The highest BCUT2D eigenvalue weighted by atomic mass is 16.2. The minimum absolute atomic E-state index is 0.300. The fourth-order valence-corrected chi connectivity index (χ4v) is 5.33. The molecule has 0 aliphatic carbocycles. The minimum Gasteiger partial charge on any atom is -0.356 e. The van der Waals surface area contributed by atoms with E-state index in [1.54, 1.807) is 6.33 Å². The Kier molecular flexibility index (Phi) is 5.56. The Hall–Kier alpha value is -2.63. The fourth-order valence-electron chi connectivity index (χ4n) is 5.33. The SMILES string of the molecule is O=C(CCc1ccccc1)N1CCC2CCN(c3cc(N4CCCC4)ncn3)CC21. The number of rotatable bonds is 5. The predicted octanol–water partition coefficient (Wildman–Crippen LogP) is 3.14. The molecular formula is C24H31N5O. The van der Waals surface area contributed by atoms with Crippen LogP contribution in [0.2, 0.25) is 0 Å². The van der Waals surface area contributed by atoms with Crippen molar-refractivity contribution in [3.63, 3.8) is 0 Å². The number of piperidine rings is 1. The van der Waals surface area contributed by atoms with E-state index in [0.717, 1.165) is 63.6 Å². The smallest absolute Gasteiger partial charge is 0.223 e.